The summed E-state index contributed by atoms with van der Waals surface area (Å²) in [5, 5.41) is 17.0. The van der Waals surface area contributed by atoms with Crippen LogP contribution in [-0.2, 0) is 42.9 Å². The molecule has 0 spiro atoms. The first-order chi connectivity index (χ1) is 15.0. The van der Waals surface area contributed by atoms with E-state index in [-0.39, 0.29) is 42.5 Å². The number of carbonyl (C=O) groups is 1. The monoisotopic (exact) mass is 485 g/mol. The van der Waals surface area contributed by atoms with Crippen LogP contribution in [0.1, 0.15) is 55.4 Å². The number of amides is 2. The number of hydrogen-bond donors (Lipinski definition) is 3. The summed E-state index contributed by atoms with van der Waals surface area (Å²) in [6.07, 6.45) is 8.99. The third-order valence-corrected chi connectivity index (χ3v) is 7.55. The first-order valence-corrected chi connectivity index (χ1v) is 12.5. The molecular weight excluding hydrogens is 453 g/mol. The van der Waals surface area contributed by atoms with Gasteiger partial charge in [-0.25, -0.2) is 9.52 Å². The van der Waals surface area contributed by atoms with Gasteiger partial charge in [0.05, 0.1) is 17.5 Å². The number of hydrogen-bond acceptors (Lipinski definition) is 5. The molecule has 0 aliphatic heterocycles. The number of aliphatic hydroxyl groups is 1. The van der Waals surface area contributed by atoms with E-state index in [4.69, 9.17) is 0 Å². The van der Waals surface area contributed by atoms with Gasteiger partial charge in [-0.15, -0.1) is 0 Å². The Balaban J connectivity index is 0.00000306. The molecule has 2 amide bonds. The molecule has 1 aromatic carbocycles. The van der Waals surface area contributed by atoms with Crippen LogP contribution in [0.4, 0.5) is 16.2 Å². The second-order valence-corrected chi connectivity index (χ2v) is 10.9. The van der Waals surface area contributed by atoms with E-state index in [0.29, 0.717) is 5.69 Å². The summed E-state index contributed by atoms with van der Waals surface area (Å²) in [7, 11) is -2.54. The zero-order valence-electron chi connectivity index (χ0n) is 18.8. The summed E-state index contributed by atoms with van der Waals surface area (Å²) in [5.41, 5.74) is 4.80. The molecule has 0 saturated heterocycles. The van der Waals surface area contributed by atoms with E-state index < -0.39 is 21.8 Å². The zero-order chi connectivity index (χ0) is 23.1. The van der Waals surface area contributed by atoms with Crippen LogP contribution in [0, 0.1) is 0 Å². The van der Waals surface area contributed by atoms with Gasteiger partial charge < -0.3 is 10.4 Å². The molecule has 0 radical (unpaired) electrons. The summed E-state index contributed by atoms with van der Waals surface area (Å²) >= 11 is 0. The molecule has 3 N–H and O–H groups in total. The average molecular weight is 486 g/mol. The third kappa shape index (κ3) is 5.92. The Morgan fingerprint density at radius 3 is 2.30 bits per heavy atom. The molecule has 1 heterocycles. The van der Waals surface area contributed by atoms with Crippen molar-refractivity contribution in [3.63, 3.8) is 0 Å². The molecule has 0 fully saturated rings. The number of nitrogens with zero attached hydrogens (tertiary/aromatic N) is 3. The van der Waals surface area contributed by atoms with E-state index in [1.807, 2.05) is 0 Å². The molecule has 4 rings (SSSR count). The topological polar surface area (TPSA) is 117 Å². The second-order valence-electron chi connectivity index (χ2n) is 9.30. The molecule has 0 unspecified atom stereocenters. The molecule has 0 saturated carbocycles. The standard InChI is InChI=1S/C22H31N5O4S.Na.H/c1-22(2,29)10-11-27(17-13-23-26(3)14-17)32(30,31)25-21(28)24-20-18-8-4-6-15(18)12-16-7-5-9-19(16)20;;/h12-14,29H,4-11H2,1-3H3,(H2,24,25,28);;. The van der Waals surface area contributed by atoms with Gasteiger partial charge >= 0.3 is 45.8 Å². The fraction of sp³-hybridized carbons (Fsp3) is 0.545. The van der Waals surface area contributed by atoms with Crippen molar-refractivity contribution in [1.29, 1.82) is 0 Å². The summed E-state index contributed by atoms with van der Waals surface area (Å²) in [6.45, 7) is 3.21. The van der Waals surface area contributed by atoms with Crippen LogP contribution in [0.25, 0.3) is 0 Å². The number of benzene rings is 1. The van der Waals surface area contributed by atoms with Crippen LogP contribution in [0.2, 0.25) is 0 Å². The number of anilines is 2. The van der Waals surface area contributed by atoms with Gasteiger partial charge in [-0.2, -0.15) is 13.5 Å². The molecule has 0 bridgehead atoms. The van der Waals surface area contributed by atoms with Crippen molar-refractivity contribution in [2.24, 2.45) is 7.05 Å². The van der Waals surface area contributed by atoms with Crippen molar-refractivity contribution in [3.8, 4) is 0 Å². The number of rotatable bonds is 7. The molecule has 9 nitrogen and oxygen atoms in total. The van der Waals surface area contributed by atoms with E-state index in [0.717, 1.165) is 59.6 Å². The Hall–Kier alpha value is -1.59. The Morgan fingerprint density at radius 1 is 1.18 bits per heavy atom. The summed E-state index contributed by atoms with van der Waals surface area (Å²) < 4.78 is 31.0. The predicted octanol–water partition coefficient (Wildman–Crippen LogP) is 1.78. The number of carbonyl (C=O) groups excluding carboxylic acids is 1. The van der Waals surface area contributed by atoms with Crippen LogP contribution < -0.4 is 14.3 Å². The van der Waals surface area contributed by atoms with Gasteiger partial charge in [-0.3, -0.25) is 8.99 Å². The minimum atomic E-state index is -4.23. The van der Waals surface area contributed by atoms with Gasteiger partial charge in [0.2, 0.25) is 0 Å². The number of nitrogens with one attached hydrogen (secondary N) is 2. The van der Waals surface area contributed by atoms with Gasteiger partial charge in [0, 0.05) is 25.5 Å². The first-order valence-electron chi connectivity index (χ1n) is 11.0. The molecule has 0 atom stereocenters. The van der Waals surface area contributed by atoms with Crippen molar-refractivity contribution in [3.05, 3.63) is 40.7 Å². The molecule has 33 heavy (non-hydrogen) atoms. The minimum absolute atomic E-state index is 0. The normalized spacial score (nSPS) is 14.9. The maximum absolute atomic E-state index is 13.2. The number of fused-ring (bicyclic) bond motifs is 2. The summed E-state index contributed by atoms with van der Waals surface area (Å²) in [6, 6.07) is 1.47. The number of urea groups is 1. The Labute approximate surface area is 217 Å². The molecule has 2 aliphatic carbocycles. The van der Waals surface area contributed by atoms with Gasteiger partial charge in [0.1, 0.15) is 0 Å². The van der Waals surface area contributed by atoms with E-state index in [2.05, 4.69) is 21.2 Å². The average Bonchev–Trinajstić information content (AvgIpc) is 3.40. The van der Waals surface area contributed by atoms with Gasteiger partial charge in [0.15, 0.2) is 0 Å². The zero-order valence-corrected chi connectivity index (χ0v) is 19.6. The van der Waals surface area contributed by atoms with Crippen LogP contribution in [0.5, 0.6) is 0 Å². The summed E-state index contributed by atoms with van der Waals surface area (Å²) in [4.78, 5) is 12.9. The second kappa shape index (κ2) is 9.95. The molecule has 2 aromatic rings. The fourth-order valence-corrected chi connectivity index (χ4v) is 5.68. The number of aryl methyl sites for hydroxylation is 3. The van der Waals surface area contributed by atoms with Gasteiger partial charge in [-0.05, 0) is 81.0 Å². The Morgan fingerprint density at radius 2 is 1.79 bits per heavy atom. The molecule has 1 aromatic heterocycles. The van der Waals surface area contributed by atoms with Crippen molar-refractivity contribution in [1.82, 2.24) is 14.5 Å². The van der Waals surface area contributed by atoms with Crippen LogP contribution >= 0.6 is 0 Å². The first kappa shape index (κ1) is 26.0. The molecule has 176 valence electrons. The van der Waals surface area contributed by atoms with E-state index in [1.54, 1.807) is 27.1 Å². The molecule has 2 aliphatic rings. The van der Waals surface area contributed by atoms with Crippen LogP contribution in [0.3, 0.4) is 0 Å². The van der Waals surface area contributed by atoms with E-state index >= 15 is 0 Å². The predicted molar refractivity (Wildman–Crippen MR) is 130 cm³/mol. The van der Waals surface area contributed by atoms with Gasteiger partial charge in [0.25, 0.3) is 0 Å². The Bertz CT molecular complexity index is 1110. The quantitative estimate of drug-likeness (QED) is 0.517. The van der Waals surface area contributed by atoms with Gasteiger partial charge in [-0.1, -0.05) is 6.07 Å². The van der Waals surface area contributed by atoms with Crippen LogP contribution in [0.15, 0.2) is 18.5 Å². The third-order valence-electron chi connectivity index (χ3n) is 6.13. The molecular formula is C22H32N5NaO4S. The van der Waals surface area contributed by atoms with E-state index in [9.17, 15) is 18.3 Å². The SMILES string of the molecule is Cn1cc(N(CCC(C)(C)O)S(=O)(=O)NC(=O)Nc2c3c(cc4c2CCC4)CCC3)cn1.[NaH]. The molecule has 11 heteroatoms. The van der Waals surface area contributed by atoms with Crippen molar-refractivity contribution < 1.29 is 18.3 Å². The number of aromatic nitrogens is 2. The van der Waals surface area contributed by atoms with Crippen molar-refractivity contribution >= 4 is 57.2 Å². The Kier molecular flexibility index (Phi) is 7.85. The summed E-state index contributed by atoms with van der Waals surface area (Å²) in [5.74, 6) is 0. The van der Waals surface area contributed by atoms with Crippen LogP contribution in [-0.4, -0.2) is 71.0 Å². The van der Waals surface area contributed by atoms with Crippen molar-refractivity contribution in [2.45, 2.75) is 64.4 Å². The fourth-order valence-electron chi connectivity index (χ4n) is 4.58. The maximum atomic E-state index is 13.2. The van der Waals surface area contributed by atoms with E-state index in [1.165, 1.54) is 22.0 Å². The van der Waals surface area contributed by atoms with Crippen molar-refractivity contribution in [2.75, 3.05) is 16.2 Å².